The summed E-state index contributed by atoms with van der Waals surface area (Å²) in [5.41, 5.74) is -0.976. The van der Waals surface area contributed by atoms with Crippen molar-refractivity contribution in [2.75, 3.05) is 24.7 Å². The van der Waals surface area contributed by atoms with E-state index >= 15 is 0 Å². The number of carbonyl (C=O) groups excluding carboxylic acids is 2. The second-order valence-corrected chi connectivity index (χ2v) is 4.79. The lowest BCUT2D eigenvalue weighted by molar-refractivity contribution is -0.137. The fraction of sp³-hybridized carbons (Fsp3) is 0.385. The van der Waals surface area contributed by atoms with Crippen LogP contribution in [0.2, 0.25) is 0 Å². The molecule has 2 fully saturated rings. The molecule has 0 bridgehead atoms. The van der Waals surface area contributed by atoms with Crippen molar-refractivity contribution in [1.29, 1.82) is 0 Å². The molecule has 1 aromatic carbocycles. The van der Waals surface area contributed by atoms with E-state index in [1.807, 2.05) is 0 Å². The Morgan fingerprint density at radius 2 is 2.00 bits per heavy atom. The second kappa shape index (κ2) is 4.73. The zero-order valence-corrected chi connectivity index (χ0v) is 10.8. The average molecular weight is 300 g/mol. The van der Waals surface area contributed by atoms with Crippen LogP contribution in [0.3, 0.4) is 0 Å². The fourth-order valence-corrected chi connectivity index (χ4v) is 2.47. The molecular weight excluding hydrogens is 289 g/mol. The molecule has 2 aliphatic heterocycles. The molecule has 0 N–H and O–H groups in total. The van der Waals surface area contributed by atoms with E-state index in [0.29, 0.717) is 6.61 Å². The molecule has 1 unspecified atom stereocenters. The molecule has 0 radical (unpaired) electrons. The monoisotopic (exact) mass is 300 g/mol. The van der Waals surface area contributed by atoms with Crippen LogP contribution in [-0.4, -0.2) is 42.6 Å². The number of halogens is 3. The van der Waals surface area contributed by atoms with Crippen molar-refractivity contribution in [3.8, 4) is 0 Å². The summed E-state index contributed by atoms with van der Waals surface area (Å²) in [6.07, 6.45) is -4.53. The molecule has 5 nitrogen and oxygen atoms in total. The summed E-state index contributed by atoms with van der Waals surface area (Å²) in [5.74, 6) is -0.556. The summed E-state index contributed by atoms with van der Waals surface area (Å²) < 4.78 is 43.3. The number of anilines is 1. The first kappa shape index (κ1) is 13.9. The van der Waals surface area contributed by atoms with Crippen LogP contribution in [0.1, 0.15) is 5.56 Å². The Kier molecular flexibility index (Phi) is 3.12. The van der Waals surface area contributed by atoms with Gasteiger partial charge in [0.25, 0.3) is 5.91 Å². The van der Waals surface area contributed by atoms with Gasteiger partial charge in [-0.1, -0.05) is 6.07 Å². The number of benzene rings is 1. The molecule has 3 amide bonds. The van der Waals surface area contributed by atoms with Crippen molar-refractivity contribution in [1.82, 2.24) is 4.90 Å². The van der Waals surface area contributed by atoms with Gasteiger partial charge in [-0.15, -0.1) is 0 Å². The van der Waals surface area contributed by atoms with Crippen LogP contribution in [0.4, 0.5) is 23.7 Å². The molecular formula is C13H11F3N2O3. The Labute approximate surface area is 117 Å². The molecule has 0 spiro atoms. The molecule has 2 heterocycles. The summed E-state index contributed by atoms with van der Waals surface area (Å²) in [6.45, 7) is 0.636. The highest BCUT2D eigenvalue weighted by Crippen LogP contribution is 2.33. The maximum absolute atomic E-state index is 12.7. The highest BCUT2D eigenvalue weighted by atomic mass is 19.4. The van der Waals surface area contributed by atoms with Gasteiger partial charge >= 0.3 is 12.2 Å². The van der Waals surface area contributed by atoms with E-state index in [9.17, 15) is 22.8 Å². The van der Waals surface area contributed by atoms with Crippen molar-refractivity contribution in [2.45, 2.75) is 12.2 Å². The Hall–Kier alpha value is -2.09. The van der Waals surface area contributed by atoms with E-state index in [1.165, 1.54) is 17.0 Å². The molecule has 0 aromatic heterocycles. The molecule has 21 heavy (non-hydrogen) atoms. The van der Waals surface area contributed by atoms with Crippen LogP contribution < -0.4 is 4.90 Å². The van der Waals surface area contributed by atoms with Crippen LogP contribution >= 0.6 is 0 Å². The minimum Gasteiger partial charge on any atom is -0.377 e. The fourth-order valence-electron chi connectivity index (χ4n) is 2.47. The number of nitrogens with zero attached hydrogens (tertiary/aromatic N) is 2. The predicted octanol–water partition coefficient (Wildman–Crippen LogP) is 1.87. The van der Waals surface area contributed by atoms with Gasteiger partial charge in [0.1, 0.15) is 6.04 Å². The topological polar surface area (TPSA) is 49.9 Å². The van der Waals surface area contributed by atoms with Crippen LogP contribution in [0.5, 0.6) is 0 Å². The number of morpholine rings is 1. The van der Waals surface area contributed by atoms with Gasteiger partial charge in [-0.3, -0.25) is 4.79 Å². The largest absolute Gasteiger partial charge is 0.416 e. The molecule has 1 aromatic rings. The first-order valence-corrected chi connectivity index (χ1v) is 6.29. The molecule has 8 heteroatoms. The summed E-state index contributed by atoms with van der Waals surface area (Å²) in [4.78, 5) is 26.5. The van der Waals surface area contributed by atoms with E-state index in [-0.39, 0.29) is 18.8 Å². The van der Waals surface area contributed by atoms with E-state index in [2.05, 4.69) is 0 Å². The third-order valence-corrected chi connectivity index (χ3v) is 3.50. The Morgan fingerprint density at radius 1 is 1.24 bits per heavy atom. The third kappa shape index (κ3) is 2.25. The number of ether oxygens (including phenoxy) is 1. The SMILES string of the molecule is O=C1C2COCCN2C(=O)N1c1cccc(C(F)(F)F)c1. The van der Waals surface area contributed by atoms with Gasteiger partial charge in [0.05, 0.1) is 24.5 Å². The smallest absolute Gasteiger partial charge is 0.377 e. The zero-order valence-electron chi connectivity index (χ0n) is 10.8. The number of urea groups is 1. The van der Waals surface area contributed by atoms with Gasteiger partial charge in [0, 0.05) is 6.54 Å². The standard InChI is InChI=1S/C13H11F3N2O3/c14-13(15,16)8-2-1-3-9(6-8)18-11(19)10-7-21-5-4-17(10)12(18)20/h1-3,6,10H,4-5,7H2. The number of hydrogen-bond acceptors (Lipinski definition) is 3. The van der Waals surface area contributed by atoms with E-state index < -0.39 is 29.7 Å². The Balaban J connectivity index is 1.97. The molecule has 0 saturated carbocycles. The Morgan fingerprint density at radius 3 is 2.67 bits per heavy atom. The van der Waals surface area contributed by atoms with Gasteiger partial charge < -0.3 is 9.64 Å². The highest BCUT2D eigenvalue weighted by Gasteiger charge is 2.47. The molecule has 1 atom stereocenters. The van der Waals surface area contributed by atoms with Crippen molar-refractivity contribution >= 4 is 17.6 Å². The van der Waals surface area contributed by atoms with E-state index in [1.54, 1.807) is 0 Å². The maximum Gasteiger partial charge on any atom is 0.416 e. The quantitative estimate of drug-likeness (QED) is 0.744. The third-order valence-electron chi connectivity index (χ3n) is 3.50. The first-order chi connectivity index (χ1) is 9.89. The molecule has 3 rings (SSSR count). The van der Waals surface area contributed by atoms with E-state index in [0.717, 1.165) is 17.0 Å². The number of rotatable bonds is 1. The van der Waals surface area contributed by atoms with Gasteiger partial charge in [-0.05, 0) is 18.2 Å². The predicted molar refractivity (Wildman–Crippen MR) is 65.6 cm³/mol. The molecule has 0 aliphatic carbocycles. The maximum atomic E-state index is 12.7. The second-order valence-electron chi connectivity index (χ2n) is 4.79. The van der Waals surface area contributed by atoms with Crippen LogP contribution in [0.15, 0.2) is 24.3 Å². The van der Waals surface area contributed by atoms with Crippen molar-refractivity contribution < 1.29 is 27.5 Å². The summed E-state index contributed by atoms with van der Waals surface area (Å²) >= 11 is 0. The molecule has 2 saturated heterocycles. The van der Waals surface area contributed by atoms with Crippen LogP contribution in [0.25, 0.3) is 0 Å². The summed E-state index contributed by atoms with van der Waals surface area (Å²) in [5, 5.41) is 0. The van der Waals surface area contributed by atoms with E-state index in [4.69, 9.17) is 4.74 Å². The lowest BCUT2D eigenvalue weighted by Gasteiger charge is -2.26. The Bertz CT molecular complexity index is 579. The van der Waals surface area contributed by atoms with Crippen LogP contribution in [0, 0.1) is 0 Å². The minimum absolute atomic E-state index is 0.0695. The molecule has 112 valence electrons. The zero-order chi connectivity index (χ0) is 15.2. The lowest BCUT2D eigenvalue weighted by Crippen LogP contribution is -2.45. The van der Waals surface area contributed by atoms with Crippen LogP contribution in [-0.2, 0) is 15.7 Å². The highest BCUT2D eigenvalue weighted by molar-refractivity contribution is 6.21. The molecule has 2 aliphatic rings. The average Bonchev–Trinajstić information content (AvgIpc) is 2.71. The number of hydrogen-bond donors (Lipinski definition) is 0. The van der Waals surface area contributed by atoms with Gasteiger partial charge in [-0.2, -0.15) is 13.2 Å². The van der Waals surface area contributed by atoms with Crippen molar-refractivity contribution in [3.63, 3.8) is 0 Å². The number of fused-ring (bicyclic) bond motifs is 1. The minimum atomic E-state index is -4.53. The number of amides is 3. The van der Waals surface area contributed by atoms with Gasteiger partial charge in [-0.25, -0.2) is 9.69 Å². The first-order valence-electron chi connectivity index (χ1n) is 6.29. The normalized spacial score (nSPS) is 22.7. The summed E-state index contributed by atoms with van der Waals surface area (Å²) in [6, 6.07) is 2.82. The van der Waals surface area contributed by atoms with Crippen molar-refractivity contribution in [2.24, 2.45) is 0 Å². The number of alkyl halides is 3. The number of carbonyl (C=O) groups is 2. The summed E-state index contributed by atoms with van der Waals surface area (Å²) in [7, 11) is 0. The van der Waals surface area contributed by atoms with Gasteiger partial charge in [0.15, 0.2) is 0 Å². The van der Waals surface area contributed by atoms with Gasteiger partial charge in [0.2, 0.25) is 0 Å². The lowest BCUT2D eigenvalue weighted by atomic mass is 10.1. The number of imide groups is 1. The van der Waals surface area contributed by atoms with Crippen molar-refractivity contribution in [3.05, 3.63) is 29.8 Å².